The lowest BCUT2D eigenvalue weighted by molar-refractivity contribution is 0.559. The molecule has 0 aliphatic rings. The minimum Gasteiger partial charge on any atom is -0.307 e. The molecule has 21 heavy (non-hydrogen) atoms. The molecule has 0 aliphatic heterocycles. The zero-order chi connectivity index (χ0) is 14.8. The Labute approximate surface area is 123 Å². The number of aryl methyl sites for hydroxylation is 1. The Balaban J connectivity index is 1.70. The summed E-state index contributed by atoms with van der Waals surface area (Å²) in [5.41, 5.74) is 3.53. The van der Waals surface area contributed by atoms with Gasteiger partial charge in [-0.15, -0.1) is 0 Å². The van der Waals surface area contributed by atoms with E-state index in [-0.39, 0.29) is 11.9 Å². The van der Waals surface area contributed by atoms with Gasteiger partial charge in [0.15, 0.2) is 0 Å². The van der Waals surface area contributed by atoms with Crippen LogP contribution in [0.15, 0.2) is 48.8 Å². The SMILES string of the molecule is Cc1ccc(C(C)NCc2cn3ccccc3n2)cc1F. The number of pyridine rings is 1. The third kappa shape index (κ3) is 2.95. The Morgan fingerprint density at radius 2 is 2.14 bits per heavy atom. The van der Waals surface area contributed by atoms with Crippen molar-refractivity contribution in [3.8, 4) is 0 Å². The van der Waals surface area contributed by atoms with Gasteiger partial charge in [0.2, 0.25) is 0 Å². The second-order valence-electron chi connectivity index (χ2n) is 5.31. The monoisotopic (exact) mass is 283 g/mol. The highest BCUT2D eigenvalue weighted by Gasteiger charge is 2.08. The van der Waals surface area contributed by atoms with Crippen LogP contribution in [-0.4, -0.2) is 9.38 Å². The van der Waals surface area contributed by atoms with E-state index in [9.17, 15) is 4.39 Å². The Bertz CT molecular complexity index is 731. The molecule has 1 N–H and O–H groups in total. The number of imidazole rings is 1. The zero-order valence-corrected chi connectivity index (χ0v) is 12.2. The number of halogens is 1. The van der Waals surface area contributed by atoms with E-state index in [2.05, 4.69) is 10.3 Å². The molecule has 3 nitrogen and oxygen atoms in total. The number of aromatic nitrogens is 2. The molecular weight excluding hydrogens is 265 g/mol. The van der Waals surface area contributed by atoms with E-state index in [1.165, 1.54) is 0 Å². The van der Waals surface area contributed by atoms with Crippen LogP contribution in [0.3, 0.4) is 0 Å². The van der Waals surface area contributed by atoms with Crippen LogP contribution in [0, 0.1) is 12.7 Å². The van der Waals surface area contributed by atoms with Gasteiger partial charge >= 0.3 is 0 Å². The molecule has 0 bridgehead atoms. The maximum Gasteiger partial charge on any atom is 0.137 e. The Morgan fingerprint density at radius 1 is 1.29 bits per heavy atom. The Hall–Kier alpha value is -2.20. The van der Waals surface area contributed by atoms with Crippen LogP contribution in [0.2, 0.25) is 0 Å². The van der Waals surface area contributed by atoms with E-state index in [1.807, 2.05) is 54.0 Å². The molecule has 2 heterocycles. The molecular formula is C17H18FN3. The summed E-state index contributed by atoms with van der Waals surface area (Å²) in [6.45, 7) is 4.45. The van der Waals surface area contributed by atoms with Gasteiger partial charge in [-0.1, -0.05) is 18.2 Å². The minimum absolute atomic E-state index is 0.0740. The summed E-state index contributed by atoms with van der Waals surface area (Å²) in [5, 5.41) is 3.38. The summed E-state index contributed by atoms with van der Waals surface area (Å²) in [5.74, 6) is -0.158. The third-order valence-electron chi connectivity index (χ3n) is 3.70. The van der Waals surface area contributed by atoms with Crippen LogP contribution in [0.5, 0.6) is 0 Å². The van der Waals surface area contributed by atoms with Crippen LogP contribution in [-0.2, 0) is 6.54 Å². The molecule has 1 aromatic carbocycles. The van der Waals surface area contributed by atoms with Crippen molar-refractivity contribution in [2.75, 3.05) is 0 Å². The van der Waals surface area contributed by atoms with Crippen molar-refractivity contribution in [2.45, 2.75) is 26.4 Å². The molecule has 3 rings (SSSR count). The van der Waals surface area contributed by atoms with Crippen LogP contribution >= 0.6 is 0 Å². The maximum atomic E-state index is 13.6. The summed E-state index contributed by atoms with van der Waals surface area (Å²) in [6, 6.07) is 11.4. The first-order chi connectivity index (χ1) is 10.1. The molecule has 1 atom stereocenters. The molecule has 0 aliphatic carbocycles. The van der Waals surface area contributed by atoms with Gasteiger partial charge in [-0.25, -0.2) is 9.37 Å². The fraction of sp³-hybridized carbons (Fsp3) is 0.235. The summed E-state index contributed by atoms with van der Waals surface area (Å²) >= 11 is 0. The van der Waals surface area contributed by atoms with E-state index >= 15 is 0 Å². The van der Waals surface area contributed by atoms with Crippen molar-refractivity contribution in [1.82, 2.24) is 14.7 Å². The molecule has 2 aromatic heterocycles. The summed E-state index contributed by atoms with van der Waals surface area (Å²) in [4.78, 5) is 4.54. The van der Waals surface area contributed by atoms with Gasteiger partial charge < -0.3 is 9.72 Å². The highest BCUT2D eigenvalue weighted by molar-refractivity contribution is 5.39. The molecule has 0 saturated heterocycles. The van der Waals surface area contributed by atoms with Gasteiger partial charge in [0.05, 0.1) is 5.69 Å². The van der Waals surface area contributed by atoms with Crippen LogP contribution in [0.4, 0.5) is 4.39 Å². The van der Waals surface area contributed by atoms with Gasteiger partial charge in [0.1, 0.15) is 11.5 Å². The lowest BCUT2D eigenvalue weighted by atomic mass is 10.1. The third-order valence-corrected chi connectivity index (χ3v) is 3.70. The van der Waals surface area contributed by atoms with Gasteiger partial charge in [-0.2, -0.15) is 0 Å². The van der Waals surface area contributed by atoms with E-state index in [1.54, 1.807) is 13.0 Å². The largest absolute Gasteiger partial charge is 0.307 e. The van der Waals surface area contributed by atoms with Crippen LogP contribution in [0.25, 0.3) is 5.65 Å². The van der Waals surface area contributed by atoms with Gasteiger partial charge in [-0.3, -0.25) is 0 Å². The number of hydrogen-bond acceptors (Lipinski definition) is 2. The second-order valence-corrected chi connectivity index (χ2v) is 5.31. The molecule has 0 fully saturated rings. The average molecular weight is 283 g/mol. The lowest BCUT2D eigenvalue weighted by Gasteiger charge is -2.14. The van der Waals surface area contributed by atoms with E-state index in [0.29, 0.717) is 12.1 Å². The zero-order valence-electron chi connectivity index (χ0n) is 12.2. The van der Waals surface area contributed by atoms with Gasteiger partial charge in [0.25, 0.3) is 0 Å². The number of hydrogen-bond donors (Lipinski definition) is 1. The molecule has 108 valence electrons. The topological polar surface area (TPSA) is 29.3 Å². The Kier molecular flexibility index (Phi) is 3.71. The van der Waals surface area contributed by atoms with Crippen LogP contribution < -0.4 is 5.32 Å². The molecule has 0 saturated carbocycles. The first kappa shape index (κ1) is 13.8. The van der Waals surface area contributed by atoms with Crippen LogP contribution in [0.1, 0.15) is 29.8 Å². The normalized spacial score (nSPS) is 12.7. The Morgan fingerprint density at radius 3 is 2.90 bits per heavy atom. The molecule has 1 unspecified atom stereocenters. The minimum atomic E-state index is -0.158. The quantitative estimate of drug-likeness (QED) is 0.792. The fourth-order valence-electron chi connectivity index (χ4n) is 2.33. The smallest absolute Gasteiger partial charge is 0.137 e. The highest BCUT2D eigenvalue weighted by Crippen LogP contribution is 2.17. The van der Waals surface area contributed by atoms with Crippen molar-refractivity contribution in [2.24, 2.45) is 0 Å². The molecule has 0 spiro atoms. The molecule has 4 heteroatoms. The number of benzene rings is 1. The first-order valence-electron chi connectivity index (χ1n) is 7.05. The van der Waals surface area contributed by atoms with Crippen molar-refractivity contribution in [3.63, 3.8) is 0 Å². The molecule has 3 aromatic rings. The average Bonchev–Trinajstić information content (AvgIpc) is 2.90. The fourth-order valence-corrected chi connectivity index (χ4v) is 2.33. The standard InChI is InChI=1S/C17H18FN3/c1-12-6-7-14(9-16(12)18)13(2)19-10-15-11-21-8-4-3-5-17(21)20-15/h3-9,11,13,19H,10H2,1-2H3. The predicted molar refractivity (Wildman–Crippen MR) is 81.6 cm³/mol. The van der Waals surface area contributed by atoms with Crippen molar-refractivity contribution < 1.29 is 4.39 Å². The van der Waals surface area contributed by atoms with Gasteiger partial charge in [-0.05, 0) is 43.2 Å². The summed E-state index contributed by atoms with van der Waals surface area (Å²) < 4.78 is 15.6. The molecule has 0 amide bonds. The summed E-state index contributed by atoms with van der Waals surface area (Å²) in [7, 11) is 0. The van der Waals surface area contributed by atoms with E-state index in [0.717, 1.165) is 16.9 Å². The maximum absolute atomic E-state index is 13.6. The van der Waals surface area contributed by atoms with Crippen molar-refractivity contribution in [3.05, 3.63) is 71.4 Å². The van der Waals surface area contributed by atoms with E-state index < -0.39 is 0 Å². The first-order valence-corrected chi connectivity index (χ1v) is 7.05. The van der Waals surface area contributed by atoms with E-state index in [4.69, 9.17) is 0 Å². The predicted octanol–water partition coefficient (Wildman–Crippen LogP) is 3.63. The van der Waals surface area contributed by atoms with Crippen molar-refractivity contribution in [1.29, 1.82) is 0 Å². The number of fused-ring (bicyclic) bond motifs is 1. The number of nitrogens with one attached hydrogen (secondary N) is 1. The highest BCUT2D eigenvalue weighted by atomic mass is 19.1. The number of nitrogens with zero attached hydrogens (tertiary/aromatic N) is 2. The molecule has 0 radical (unpaired) electrons. The summed E-state index contributed by atoms with van der Waals surface area (Å²) in [6.07, 6.45) is 3.98. The second kappa shape index (κ2) is 5.66. The number of rotatable bonds is 4. The van der Waals surface area contributed by atoms with Crippen molar-refractivity contribution >= 4 is 5.65 Å². The lowest BCUT2D eigenvalue weighted by Crippen LogP contribution is -2.18. The van der Waals surface area contributed by atoms with Gasteiger partial charge in [0, 0.05) is 25.0 Å².